The first-order valence-corrected chi connectivity index (χ1v) is 6.21. The lowest BCUT2D eigenvalue weighted by atomic mass is 10.1. The third-order valence-corrected chi connectivity index (χ3v) is 3.42. The molecule has 0 unspecified atom stereocenters. The van der Waals surface area contributed by atoms with E-state index in [9.17, 15) is 4.79 Å². The Balaban J connectivity index is 0.00000133. The molecule has 0 bridgehead atoms. The van der Waals surface area contributed by atoms with Gasteiger partial charge in [0, 0.05) is 24.7 Å². The number of para-hydroxylation sites is 1. The molecule has 0 spiro atoms. The van der Waals surface area contributed by atoms with Crippen LogP contribution in [0.4, 0.5) is 0 Å². The maximum absolute atomic E-state index is 12.3. The van der Waals surface area contributed by atoms with Crippen LogP contribution in [0.1, 0.15) is 12.0 Å². The molecular weight excluding hydrogens is 264 g/mol. The Kier molecular flexibility index (Phi) is 4.12. The van der Waals surface area contributed by atoms with Crippen LogP contribution in [0.15, 0.2) is 29.8 Å². The summed E-state index contributed by atoms with van der Waals surface area (Å²) in [6.07, 6.45) is 2.81. The van der Waals surface area contributed by atoms with E-state index < -0.39 is 0 Å². The predicted molar refractivity (Wildman–Crippen MR) is 76.3 cm³/mol. The van der Waals surface area contributed by atoms with E-state index in [1.54, 1.807) is 0 Å². The van der Waals surface area contributed by atoms with Crippen molar-refractivity contribution in [2.75, 3.05) is 19.7 Å². The summed E-state index contributed by atoms with van der Waals surface area (Å²) in [5.41, 5.74) is 7.50. The highest BCUT2D eigenvalue weighted by atomic mass is 35.5. The molecule has 1 saturated heterocycles. The Morgan fingerprint density at radius 3 is 2.89 bits per heavy atom. The van der Waals surface area contributed by atoms with Crippen LogP contribution in [0.25, 0.3) is 6.08 Å². The van der Waals surface area contributed by atoms with Gasteiger partial charge in [0.2, 0.25) is 0 Å². The lowest BCUT2D eigenvalue weighted by Gasteiger charge is -2.21. The number of amides is 1. The summed E-state index contributed by atoms with van der Waals surface area (Å²) in [7, 11) is 0. The number of rotatable bonds is 1. The number of likely N-dealkylation sites (tertiary alicyclic amines) is 1. The van der Waals surface area contributed by atoms with E-state index in [1.807, 2.05) is 35.2 Å². The van der Waals surface area contributed by atoms with Gasteiger partial charge < -0.3 is 15.4 Å². The molecule has 102 valence electrons. The maximum Gasteiger partial charge on any atom is 0.253 e. The van der Waals surface area contributed by atoms with Crippen LogP contribution < -0.4 is 10.5 Å². The topological polar surface area (TPSA) is 55.6 Å². The first kappa shape index (κ1) is 13.9. The van der Waals surface area contributed by atoms with Crippen molar-refractivity contribution in [3.8, 4) is 5.75 Å². The van der Waals surface area contributed by atoms with Crippen LogP contribution in [0, 0.1) is 0 Å². The zero-order valence-electron chi connectivity index (χ0n) is 10.5. The normalized spacial score (nSPS) is 21.0. The summed E-state index contributed by atoms with van der Waals surface area (Å²) < 4.78 is 5.60. The van der Waals surface area contributed by atoms with E-state index in [-0.39, 0.29) is 24.4 Å². The lowest BCUT2D eigenvalue weighted by molar-refractivity contribution is -0.126. The smallest absolute Gasteiger partial charge is 0.253 e. The third kappa shape index (κ3) is 2.74. The van der Waals surface area contributed by atoms with Crippen LogP contribution in [0.5, 0.6) is 5.75 Å². The number of benzene rings is 1. The van der Waals surface area contributed by atoms with Gasteiger partial charge in [0.1, 0.15) is 12.4 Å². The Labute approximate surface area is 118 Å². The molecule has 0 radical (unpaired) electrons. The minimum atomic E-state index is 0. The highest BCUT2D eigenvalue weighted by Crippen LogP contribution is 2.26. The van der Waals surface area contributed by atoms with Crippen molar-refractivity contribution in [1.82, 2.24) is 4.90 Å². The number of nitrogens with zero attached hydrogens (tertiary/aromatic N) is 1. The molecule has 2 aliphatic heterocycles. The van der Waals surface area contributed by atoms with Gasteiger partial charge >= 0.3 is 0 Å². The number of fused-ring (bicyclic) bond motifs is 1. The lowest BCUT2D eigenvalue weighted by Crippen LogP contribution is -2.34. The standard InChI is InChI=1S/C14H16N2O2.ClH/c15-12-5-6-16(8-12)14(17)11-7-10-3-1-2-4-13(10)18-9-11;/h1-4,7,12H,5-6,8-9,15H2;1H/t12-;/m1./s1. The molecule has 2 aliphatic rings. The molecule has 5 heteroatoms. The van der Waals surface area contributed by atoms with E-state index >= 15 is 0 Å². The summed E-state index contributed by atoms with van der Waals surface area (Å²) >= 11 is 0. The van der Waals surface area contributed by atoms with Gasteiger partial charge in [-0.1, -0.05) is 18.2 Å². The van der Waals surface area contributed by atoms with E-state index in [0.717, 1.165) is 24.3 Å². The molecule has 2 heterocycles. The summed E-state index contributed by atoms with van der Waals surface area (Å²) in [4.78, 5) is 14.1. The van der Waals surface area contributed by atoms with Crippen LogP contribution in [0.2, 0.25) is 0 Å². The molecule has 0 saturated carbocycles. The average Bonchev–Trinajstić information content (AvgIpc) is 2.84. The molecular formula is C14H17ClN2O2. The zero-order valence-corrected chi connectivity index (χ0v) is 11.4. The fourth-order valence-electron chi connectivity index (χ4n) is 2.41. The van der Waals surface area contributed by atoms with E-state index in [2.05, 4.69) is 0 Å². The first-order chi connectivity index (χ1) is 8.74. The molecule has 0 aliphatic carbocycles. The Morgan fingerprint density at radius 1 is 1.37 bits per heavy atom. The Bertz CT molecular complexity index is 516. The minimum Gasteiger partial charge on any atom is -0.488 e. The summed E-state index contributed by atoms with van der Waals surface area (Å²) in [5, 5.41) is 0. The third-order valence-electron chi connectivity index (χ3n) is 3.42. The van der Waals surface area contributed by atoms with Gasteiger partial charge in [0.15, 0.2) is 0 Å². The fraction of sp³-hybridized carbons (Fsp3) is 0.357. The minimum absolute atomic E-state index is 0. The summed E-state index contributed by atoms with van der Waals surface area (Å²) in [6, 6.07) is 7.86. The molecule has 1 aromatic carbocycles. The van der Waals surface area contributed by atoms with Gasteiger partial charge in [0.05, 0.1) is 5.57 Å². The predicted octanol–water partition coefficient (Wildman–Crippen LogP) is 1.44. The van der Waals surface area contributed by atoms with Crippen molar-refractivity contribution in [3.05, 3.63) is 35.4 Å². The van der Waals surface area contributed by atoms with E-state index in [1.165, 1.54) is 0 Å². The number of nitrogens with two attached hydrogens (primary N) is 1. The number of carbonyl (C=O) groups excluding carboxylic acids is 1. The quantitative estimate of drug-likeness (QED) is 0.847. The number of halogens is 1. The highest BCUT2D eigenvalue weighted by Gasteiger charge is 2.27. The molecule has 1 amide bonds. The number of hydrogen-bond donors (Lipinski definition) is 1. The second-order valence-electron chi connectivity index (χ2n) is 4.80. The van der Waals surface area contributed by atoms with Crippen molar-refractivity contribution in [2.45, 2.75) is 12.5 Å². The van der Waals surface area contributed by atoms with Gasteiger partial charge in [-0.15, -0.1) is 12.4 Å². The SMILES string of the molecule is Cl.N[C@@H]1CCN(C(=O)C2=Cc3ccccc3OC2)C1. The molecule has 1 fully saturated rings. The first-order valence-electron chi connectivity index (χ1n) is 6.21. The number of carbonyl (C=O) groups is 1. The summed E-state index contributed by atoms with van der Waals surface area (Å²) in [6.45, 7) is 1.75. The average molecular weight is 281 g/mol. The van der Waals surface area contributed by atoms with E-state index in [0.29, 0.717) is 18.7 Å². The monoisotopic (exact) mass is 280 g/mol. The second-order valence-corrected chi connectivity index (χ2v) is 4.80. The number of hydrogen-bond acceptors (Lipinski definition) is 3. The molecule has 3 rings (SSSR count). The van der Waals surface area contributed by atoms with Crippen LogP contribution in [-0.2, 0) is 4.79 Å². The van der Waals surface area contributed by atoms with Crippen LogP contribution in [-0.4, -0.2) is 36.5 Å². The largest absolute Gasteiger partial charge is 0.488 e. The second kappa shape index (κ2) is 5.63. The molecule has 4 nitrogen and oxygen atoms in total. The van der Waals surface area contributed by atoms with E-state index in [4.69, 9.17) is 10.5 Å². The number of ether oxygens (including phenoxy) is 1. The van der Waals surface area contributed by atoms with Gasteiger partial charge in [-0.05, 0) is 18.6 Å². The summed E-state index contributed by atoms with van der Waals surface area (Å²) in [5.74, 6) is 0.893. The highest BCUT2D eigenvalue weighted by molar-refractivity contribution is 5.99. The Morgan fingerprint density at radius 2 is 2.16 bits per heavy atom. The molecule has 1 atom stereocenters. The molecule has 2 N–H and O–H groups in total. The van der Waals surface area contributed by atoms with Gasteiger partial charge in [-0.3, -0.25) is 4.79 Å². The van der Waals surface area contributed by atoms with Crippen molar-refractivity contribution in [1.29, 1.82) is 0 Å². The van der Waals surface area contributed by atoms with Gasteiger partial charge in [-0.2, -0.15) is 0 Å². The molecule has 1 aromatic rings. The van der Waals surface area contributed by atoms with Crippen LogP contribution >= 0.6 is 12.4 Å². The molecule has 0 aromatic heterocycles. The Hall–Kier alpha value is -1.52. The van der Waals surface area contributed by atoms with Crippen molar-refractivity contribution < 1.29 is 9.53 Å². The maximum atomic E-state index is 12.3. The van der Waals surface area contributed by atoms with Crippen LogP contribution in [0.3, 0.4) is 0 Å². The molecule has 19 heavy (non-hydrogen) atoms. The fourth-order valence-corrected chi connectivity index (χ4v) is 2.41. The zero-order chi connectivity index (χ0) is 12.5. The van der Waals surface area contributed by atoms with Crippen molar-refractivity contribution in [2.24, 2.45) is 5.73 Å². The van der Waals surface area contributed by atoms with Crippen molar-refractivity contribution >= 4 is 24.4 Å². The van der Waals surface area contributed by atoms with Gasteiger partial charge in [-0.25, -0.2) is 0 Å². The van der Waals surface area contributed by atoms with Crippen molar-refractivity contribution in [3.63, 3.8) is 0 Å². The van der Waals surface area contributed by atoms with Gasteiger partial charge in [0.25, 0.3) is 5.91 Å².